The van der Waals surface area contributed by atoms with Crippen molar-refractivity contribution in [3.05, 3.63) is 0 Å². The maximum atomic E-state index is 12.9. The number of aliphatic hydroxyl groups is 1. The highest BCUT2D eigenvalue weighted by molar-refractivity contribution is 4.49. The molecule has 0 spiro atoms. The zero-order valence-electron chi connectivity index (χ0n) is 10.1. The Bertz CT molecular complexity index is 122. The van der Waals surface area contributed by atoms with Gasteiger partial charge in [0.25, 0.3) is 0 Å². The smallest absolute Gasteiger partial charge is 0.0444 e. The van der Waals surface area contributed by atoms with E-state index in [9.17, 15) is 4.48 Å². The normalized spacial score (nSPS) is 11.2. The van der Waals surface area contributed by atoms with Gasteiger partial charge in [0.1, 0.15) is 0 Å². The van der Waals surface area contributed by atoms with Crippen LogP contribution in [0, 0.1) is 0 Å². The molecule has 0 radical (unpaired) electrons. The summed E-state index contributed by atoms with van der Waals surface area (Å²) in [6.07, 6.45) is 9.04. The SMILES string of the molecule is CCCCCCCCCN(F)CCCO. The van der Waals surface area contributed by atoms with Gasteiger partial charge in [-0.1, -0.05) is 45.4 Å². The van der Waals surface area contributed by atoms with Crippen LogP contribution < -0.4 is 0 Å². The summed E-state index contributed by atoms with van der Waals surface area (Å²) >= 11 is 0. The van der Waals surface area contributed by atoms with Crippen LogP contribution >= 0.6 is 0 Å². The molecule has 1 N–H and O–H groups in total. The van der Waals surface area contributed by atoms with Crippen molar-refractivity contribution in [3.8, 4) is 0 Å². The molecule has 0 aliphatic rings. The van der Waals surface area contributed by atoms with Gasteiger partial charge in [-0.2, -0.15) is 0 Å². The molecule has 0 aliphatic heterocycles. The van der Waals surface area contributed by atoms with E-state index in [0.717, 1.165) is 18.0 Å². The number of unbranched alkanes of at least 4 members (excludes halogenated alkanes) is 6. The standard InChI is InChI=1S/C12H26FNO/c1-2-3-4-5-6-7-8-10-14(13)11-9-12-15/h15H,2-12H2,1H3. The Morgan fingerprint density at radius 1 is 0.867 bits per heavy atom. The topological polar surface area (TPSA) is 23.5 Å². The van der Waals surface area contributed by atoms with Gasteiger partial charge in [-0.3, -0.25) is 0 Å². The van der Waals surface area contributed by atoms with E-state index in [2.05, 4.69) is 6.92 Å². The number of hydrogen-bond acceptors (Lipinski definition) is 2. The van der Waals surface area contributed by atoms with Gasteiger partial charge < -0.3 is 5.11 Å². The minimum absolute atomic E-state index is 0.0808. The van der Waals surface area contributed by atoms with Crippen LogP contribution in [-0.4, -0.2) is 29.9 Å². The molecule has 0 saturated carbocycles. The van der Waals surface area contributed by atoms with E-state index in [0.29, 0.717) is 19.5 Å². The van der Waals surface area contributed by atoms with Gasteiger partial charge in [-0.05, 0) is 12.8 Å². The second-order valence-corrected chi connectivity index (χ2v) is 4.11. The van der Waals surface area contributed by atoms with Crippen molar-refractivity contribution in [2.45, 2.75) is 58.3 Å². The molecule has 0 fully saturated rings. The lowest BCUT2D eigenvalue weighted by atomic mass is 10.1. The number of halogens is 1. The largest absolute Gasteiger partial charge is 0.396 e. The Balaban J connectivity index is 3.02. The van der Waals surface area contributed by atoms with E-state index >= 15 is 0 Å². The van der Waals surface area contributed by atoms with E-state index in [1.165, 1.54) is 32.1 Å². The lowest BCUT2D eigenvalue weighted by molar-refractivity contribution is 0.0177. The highest BCUT2D eigenvalue weighted by atomic mass is 19.2. The maximum Gasteiger partial charge on any atom is 0.0444 e. The minimum atomic E-state index is 0.0808. The van der Waals surface area contributed by atoms with Gasteiger partial charge in [-0.15, -0.1) is 9.60 Å². The lowest BCUT2D eigenvalue weighted by Gasteiger charge is -2.10. The van der Waals surface area contributed by atoms with Crippen molar-refractivity contribution in [3.63, 3.8) is 0 Å². The number of hydrogen-bond donors (Lipinski definition) is 1. The Hall–Kier alpha value is -0.150. The predicted octanol–water partition coefficient (Wildman–Crippen LogP) is 3.31. The molecule has 0 aromatic carbocycles. The second-order valence-electron chi connectivity index (χ2n) is 4.11. The Morgan fingerprint density at radius 3 is 2.00 bits per heavy atom. The molecule has 0 amide bonds. The third-order valence-corrected chi connectivity index (χ3v) is 2.56. The van der Waals surface area contributed by atoms with Gasteiger partial charge in [-0.25, -0.2) is 0 Å². The van der Waals surface area contributed by atoms with Crippen LogP contribution in [0.25, 0.3) is 0 Å². The van der Waals surface area contributed by atoms with Gasteiger partial charge in [0.2, 0.25) is 0 Å². The van der Waals surface area contributed by atoms with Gasteiger partial charge in [0.05, 0.1) is 0 Å². The van der Waals surface area contributed by atoms with E-state index in [1.54, 1.807) is 0 Å². The Labute approximate surface area is 93.4 Å². The number of rotatable bonds is 11. The van der Waals surface area contributed by atoms with Crippen LogP contribution in [0.2, 0.25) is 0 Å². The predicted molar refractivity (Wildman–Crippen MR) is 62.4 cm³/mol. The van der Waals surface area contributed by atoms with Gasteiger partial charge in [0.15, 0.2) is 0 Å². The first-order valence-electron chi connectivity index (χ1n) is 6.32. The van der Waals surface area contributed by atoms with Crippen LogP contribution in [0.5, 0.6) is 0 Å². The van der Waals surface area contributed by atoms with E-state index in [1.807, 2.05) is 0 Å². The first kappa shape index (κ1) is 14.8. The lowest BCUT2D eigenvalue weighted by Crippen LogP contribution is -2.17. The van der Waals surface area contributed by atoms with Crippen LogP contribution in [0.15, 0.2) is 0 Å². The fraction of sp³-hybridized carbons (Fsp3) is 1.00. The van der Waals surface area contributed by atoms with Crippen molar-refractivity contribution in [1.29, 1.82) is 0 Å². The third-order valence-electron chi connectivity index (χ3n) is 2.56. The summed E-state index contributed by atoms with van der Waals surface area (Å²) in [5.74, 6) is 0. The molecule has 3 heteroatoms. The molecule has 0 atom stereocenters. The third kappa shape index (κ3) is 11.8. The van der Waals surface area contributed by atoms with Gasteiger partial charge >= 0.3 is 0 Å². The molecular weight excluding hydrogens is 193 g/mol. The second kappa shape index (κ2) is 11.9. The summed E-state index contributed by atoms with van der Waals surface area (Å²) in [7, 11) is 0. The molecule has 0 unspecified atom stereocenters. The molecule has 0 saturated heterocycles. The van der Waals surface area contributed by atoms with Crippen molar-refractivity contribution < 1.29 is 9.59 Å². The molecule has 15 heavy (non-hydrogen) atoms. The molecule has 0 aliphatic carbocycles. The monoisotopic (exact) mass is 219 g/mol. The average Bonchev–Trinajstić information content (AvgIpc) is 2.25. The summed E-state index contributed by atoms with van der Waals surface area (Å²) in [5, 5.41) is 9.34. The van der Waals surface area contributed by atoms with Crippen LogP contribution in [0.3, 0.4) is 0 Å². The molecule has 92 valence electrons. The Morgan fingerprint density at radius 2 is 1.40 bits per heavy atom. The zero-order valence-corrected chi connectivity index (χ0v) is 10.1. The summed E-state index contributed by atoms with van der Waals surface area (Å²) in [5.41, 5.74) is 0. The van der Waals surface area contributed by atoms with Crippen LogP contribution in [-0.2, 0) is 0 Å². The summed E-state index contributed by atoms with van der Waals surface area (Å²) in [6, 6.07) is 0. The molecule has 0 rings (SSSR count). The molecule has 2 nitrogen and oxygen atoms in total. The fourth-order valence-corrected chi connectivity index (χ4v) is 1.59. The summed E-state index contributed by atoms with van der Waals surface area (Å²) in [4.78, 5) is 0. The Kier molecular flexibility index (Phi) is 11.8. The van der Waals surface area contributed by atoms with Crippen molar-refractivity contribution >= 4 is 0 Å². The maximum absolute atomic E-state index is 12.9. The quantitative estimate of drug-likeness (QED) is 0.426. The van der Waals surface area contributed by atoms with E-state index in [-0.39, 0.29) is 6.61 Å². The van der Waals surface area contributed by atoms with Crippen molar-refractivity contribution in [2.75, 3.05) is 19.7 Å². The van der Waals surface area contributed by atoms with Crippen molar-refractivity contribution in [2.24, 2.45) is 0 Å². The molecule has 0 aromatic heterocycles. The first-order chi connectivity index (χ1) is 7.31. The number of nitrogens with zero attached hydrogens (tertiary/aromatic N) is 1. The van der Waals surface area contributed by atoms with E-state index in [4.69, 9.17) is 5.11 Å². The average molecular weight is 219 g/mol. The van der Waals surface area contributed by atoms with Gasteiger partial charge in [0, 0.05) is 19.7 Å². The summed E-state index contributed by atoms with van der Waals surface area (Å²) in [6.45, 7) is 3.18. The zero-order chi connectivity index (χ0) is 11.4. The summed E-state index contributed by atoms with van der Waals surface area (Å²) < 4.78 is 12.9. The highest BCUT2D eigenvalue weighted by Crippen LogP contribution is 2.07. The highest BCUT2D eigenvalue weighted by Gasteiger charge is 2.00. The molecular formula is C12H26FNO. The van der Waals surface area contributed by atoms with E-state index < -0.39 is 0 Å². The molecule has 0 aromatic rings. The number of aliphatic hydroxyl groups excluding tert-OH is 1. The molecule has 0 bridgehead atoms. The van der Waals surface area contributed by atoms with Crippen LogP contribution in [0.4, 0.5) is 4.48 Å². The minimum Gasteiger partial charge on any atom is -0.396 e. The molecule has 0 heterocycles. The fourth-order valence-electron chi connectivity index (χ4n) is 1.59. The van der Waals surface area contributed by atoms with Crippen molar-refractivity contribution in [1.82, 2.24) is 5.12 Å². The van der Waals surface area contributed by atoms with Crippen LogP contribution in [0.1, 0.15) is 58.3 Å². The first-order valence-corrected chi connectivity index (χ1v) is 6.32.